The number of benzene rings is 1. The number of hydrogen-bond acceptors (Lipinski definition) is 4. The smallest absolute Gasteiger partial charge is 0.309 e. The SMILES string of the molecule is COC(=O)Cc1ccccc1CNCCN. The van der Waals surface area contributed by atoms with Gasteiger partial charge in [-0.3, -0.25) is 4.79 Å². The monoisotopic (exact) mass is 222 g/mol. The number of methoxy groups -OCH3 is 1. The molecule has 0 spiro atoms. The van der Waals surface area contributed by atoms with Crippen LogP contribution in [0.4, 0.5) is 0 Å². The van der Waals surface area contributed by atoms with E-state index in [9.17, 15) is 4.79 Å². The third-order valence-corrected chi connectivity index (χ3v) is 2.32. The zero-order chi connectivity index (χ0) is 11.8. The van der Waals surface area contributed by atoms with Crippen molar-refractivity contribution >= 4 is 5.97 Å². The molecule has 4 nitrogen and oxygen atoms in total. The lowest BCUT2D eigenvalue weighted by Crippen LogP contribution is -2.22. The first-order valence-corrected chi connectivity index (χ1v) is 5.32. The normalized spacial score (nSPS) is 10.1. The molecule has 0 radical (unpaired) electrons. The first-order valence-electron chi connectivity index (χ1n) is 5.32. The van der Waals surface area contributed by atoms with Gasteiger partial charge in [-0.2, -0.15) is 0 Å². The van der Waals surface area contributed by atoms with E-state index in [2.05, 4.69) is 10.1 Å². The van der Waals surface area contributed by atoms with Crippen LogP contribution in [0.2, 0.25) is 0 Å². The summed E-state index contributed by atoms with van der Waals surface area (Å²) in [6.07, 6.45) is 0.316. The second kappa shape index (κ2) is 6.98. The van der Waals surface area contributed by atoms with Crippen LogP contribution in [0.1, 0.15) is 11.1 Å². The molecule has 16 heavy (non-hydrogen) atoms. The zero-order valence-electron chi connectivity index (χ0n) is 9.53. The van der Waals surface area contributed by atoms with Crippen molar-refractivity contribution in [1.82, 2.24) is 5.32 Å². The molecule has 0 unspecified atom stereocenters. The molecular weight excluding hydrogens is 204 g/mol. The maximum Gasteiger partial charge on any atom is 0.309 e. The van der Waals surface area contributed by atoms with Crippen LogP contribution in [0.15, 0.2) is 24.3 Å². The zero-order valence-corrected chi connectivity index (χ0v) is 9.53. The van der Waals surface area contributed by atoms with E-state index in [0.29, 0.717) is 13.0 Å². The Labute approximate surface area is 95.8 Å². The molecule has 0 amide bonds. The molecule has 1 aromatic rings. The second-order valence-electron chi connectivity index (χ2n) is 3.49. The van der Waals surface area contributed by atoms with Crippen molar-refractivity contribution in [2.75, 3.05) is 20.2 Å². The molecule has 0 aliphatic carbocycles. The summed E-state index contributed by atoms with van der Waals surface area (Å²) in [5.41, 5.74) is 7.51. The van der Waals surface area contributed by atoms with E-state index < -0.39 is 0 Å². The molecule has 0 saturated heterocycles. The largest absolute Gasteiger partial charge is 0.469 e. The predicted molar refractivity (Wildman–Crippen MR) is 62.9 cm³/mol. The number of hydrogen-bond donors (Lipinski definition) is 2. The highest BCUT2D eigenvalue weighted by Crippen LogP contribution is 2.09. The van der Waals surface area contributed by atoms with Gasteiger partial charge in [0.2, 0.25) is 0 Å². The van der Waals surface area contributed by atoms with Gasteiger partial charge < -0.3 is 15.8 Å². The first-order chi connectivity index (χ1) is 7.77. The Kier molecular flexibility index (Phi) is 5.53. The van der Waals surface area contributed by atoms with Gasteiger partial charge in [0.1, 0.15) is 0 Å². The van der Waals surface area contributed by atoms with Gasteiger partial charge in [0.25, 0.3) is 0 Å². The molecule has 0 bridgehead atoms. The van der Waals surface area contributed by atoms with Crippen LogP contribution in [0.25, 0.3) is 0 Å². The van der Waals surface area contributed by atoms with E-state index in [0.717, 1.165) is 24.2 Å². The van der Waals surface area contributed by atoms with E-state index in [1.807, 2.05) is 24.3 Å². The van der Waals surface area contributed by atoms with Crippen LogP contribution in [-0.4, -0.2) is 26.2 Å². The van der Waals surface area contributed by atoms with E-state index in [1.54, 1.807) is 0 Å². The average Bonchev–Trinajstić information content (AvgIpc) is 2.31. The topological polar surface area (TPSA) is 64.3 Å². The van der Waals surface area contributed by atoms with Gasteiger partial charge in [-0.05, 0) is 11.1 Å². The van der Waals surface area contributed by atoms with E-state index >= 15 is 0 Å². The Morgan fingerprint density at radius 2 is 2.06 bits per heavy atom. The van der Waals surface area contributed by atoms with Crippen molar-refractivity contribution in [2.45, 2.75) is 13.0 Å². The third kappa shape index (κ3) is 4.00. The van der Waals surface area contributed by atoms with Crippen molar-refractivity contribution < 1.29 is 9.53 Å². The van der Waals surface area contributed by atoms with Crippen LogP contribution in [0, 0.1) is 0 Å². The van der Waals surface area contributed by atoms with E-state index in [1.165, 1.54) is 7.11 Å². The predicted octanol–water partition coefficient (Wildman–Crippen LogP) is 0.450. The molecule has 0 fully saturated rings. The van der Waals surface area contributed by atoms with Crippen LogP contribution < -0.4 is 11.1 Å². The molecule has 0 aliphatic heterocycles. The number of ether oxygens (including phenoxy) is 1. The summed E-state index contributed by atoms with van der Waals surface area (Å²) in [7, 11) is 1.40. The number of carbonyl (C=O) groups is 1. The highest BCUT2D eigenvalue weighted by molar-refractivity contribution is 5.72. The number of esters is 1. The highest BCUT2D eigenvalue weighted by Gasteiger charge is 2.06. The summed E-state index contributed by atoms with van der Waals surface area (Å²) in [5.74, 6) is -0.216. The average molecular weight is 222 g/mol. The second-order valence-corrected chi connectivity index (χ2v) is 3.49. The Hall–Kier alpha value is -1.39. The van der Waals surface area contributed by atoms with Crippen molar-refractivity contribution in [1.29, 1.82) is 0 Å². The molecule has 3 N–H and O–H groups in total. The third-order valence-electron chi connectivity index (χ3n) is 2.32. The summed E-state index contributed by atoms with van der Waals surface area (Å²) in [6, 6.07) is 7.82. The minimum Gasteiger partial charge on any atom is -0.469 e. The quantitative estimate of drug-likeness (QED) is 0.542. The van der Waals surface area contributed by atoms with Gasteiger partial charge in [0.15, 0.2) is 0 Å². The van der Waals surface area contributed by atoms with Crippen molar-refractivity contribution in [2.24, 2.45) is 5.73 Å². The lowest BCUT2D eigenvalue weighted by atomic mass is 10.0. The Bertz CT molecular complexity index is 340. The van der Waals surface area contributed by atoms with E-state index in [-0.39, 0.29) is 5.97 Å². The summed E-state index contributed by atoms with van der Waals surface area (Å²) in [6.45, 7) is 2.11. The summed E-state index contributed by atoms with van der Waals surface area (Å²) < 4.78 is 4.66. The first kappa shape index (κ1) is 12.7. The minimum atomic E-state index is -0.216. The van der Waals surface area contributed by atoms with Gasteiger partial charge >= 0.3 is 5.97 Å². The minimum absolute atomic E-state index is 0.216. The summed E-state index contributed by atoms with van der Waals surface area (Å²) in [5, 5.41) is 3.21. The Morgan fingerprint density at radius 3 is 2.69 bits per heavy atom. The number of nitrogens with one attached hydrogen (secondary N) is 1. The lowest BCUT2D eigenvalue weighted by Gasteiger charge is -2.09. The molecule has 1 aromatic carbocycles. The van der Waals surface area contributed by atoms with Crippen molar-refractivity contribution in [3.8, 4) is 0 Å². The van der Waals surface area contributed by atoms with Crippen LogP contribution in [0.3, 0.4) is 0 Å². The fourth-order valence-electron chi connectivity index (χ4n) is 1.46. The lowest BCUT2D eigenvalue weighted by molar-refractivity contribution is -0.139. The molecule has 1 rings (SSSR count). The van der Waals surface area contributed by atoms with Gasteiger partial charge in [-0.25, -0.2) is 0 Å². The summed E-state index contributed by atoms with van der Waals surface area (Å²) in [4.78, 5) is 11.2. The highest BCUT2D eigenvalue weighted by atomic mass is 16.5. The number of rotatable bonds is 6. The number of carbonyl (C=O) groups excluding carboxylic acids is 1. The van der Waals surface area contributed by atoms with Crippen LogP contribution >= 0.6 is 0 Å². The molecule has 4 heteroatoms. The van der Waals surface area contributed by atoms with Gasteiger partial charge in [0, 0.05) is 19.6 Å². The maximum absolute atomic E-state index is 11.2. The van der Waals surface area contributed by atoms with Crippen LogP contribution in [-0.2, 0) is 22.5 Å². The molecule has 0 aliphatic rings. The van der Waals surface area contributed by atoms with Gasteiger partial charge in [-0.15, -0.1) is 0 Å². The summed E-state index contributed by atoms with van der Waals surface area (Å²) >= 11 is 0. The fraction of sp³-hybridized carbons (Fsp3) is 0.417. The number of nitrogens with two attached hydrogens (primary N) is 1. The van der Waals surface area contributed by atoms with Crippen molar-refractivity contribution in [3.05, 3.63) is 35.4 Å². The Morgan fingerprint density at radius 1 is 1.38 bits per heavy atom. The fourth-order valence-corrected chi connectivity index (χ4v) is 1.46. The molecule has 88 valence electrons. The van der Waals surface area contributed by atoms with Gasteiger partial charge in [0.05, 0.1) is 13.5 Å². The van der Waals surface area contributed by atoms with E-state index in [4.69, 9.17) is 5.73 Å². The Balaban J connectivity index is 2.63. The molecule has 0 saturated carbocycles. The molecule has 0 aromatic heterocycles. The van der Waals surface area contributed by atoms with Crippen molar-refractivity contribution in [3.63, 3.8) is 0 Å². The molecule has 0 heterocycles. The maximum atomic E-state index is 11.2. The molecule has 0 atom stereocenters. The standard InChI is InChI=1S/C12H18N2O2/c1-16-12(15)8-10-4-2-3-5-11(10)9-14-7-6-13/h2-5,14H,6-9,13H2,1H3. The molecular formula is C12H18N2O2. The van der Waals surface area contributed by atoms with Gasteiger partial charge in [-0.1, -0.05) is 24.3 Å². The van der Waals surface area contributed by atoms with Crippen LogP contribution in [0.5, 0.6) is 0 Å².